The Morgan fingerprint density at radius 1 is 1.53 bits per heavy atom. The summed E-state index contributed by atoms with van der Waals surface area (Å²) in [6.45, 7) is -0.245. The summed E-state index contributed by atoms with van der Waals surface area (Å²) < 4.78 is 13.2. The van der Waals surface area contributed by atoms with Gasteiger partial charge in [-0.15, -0.1) is 0 Å². The van der Waals surface area contributed by atoms with Crippen molar-refractivity contribution in [3.05, 3.63) is 39.7 Å². The standard InChI is InChI=1S/C8H9FN4O2/c9-6-2-1-3-7(13(14)15)5(6)4-12-8(10)11/h1-3H,4H2,(H4,10,11,12). The van der Waals surface area contributed by atoms with Crippen LogP contribution in [0.25, 0.3) is 0 Å². The van der Waals surface area contributed by atoms with Crippen LogP contribution >= 0.6 is 0 Å². The minimum absolute atomic E-state index is 0.129. The number of hydrogen-bond acceptors (Lipinski definition) is 3. The van der Waals surface area contributed by atoms with Crippen LogP contribution in [-0.2, 0) is 6.54 Å². The van der Waals surface area contributed by atoms with Crippen LogP contribution in [0.5, 0.6) is 0 Å². The number of nitro groups is 1. The molecule has 0 fully saturated rings. The highest BCUT2D eigenvalue weighted by atomic mass is 19.1. The van der Waals surface area contributed by atoms with E-state index >= 15 is 0 Å². The number of benzene rings is 1. The molecule has 80 valence electrons. The van der Waals surface area contributed by atoms with Crippen molar-refractivity contribution in [2.75, 3.05) is 0 Å². The predicted octanol–water partition coefficient (Wildman–Crippen LogP) is 0.507. The Morgan fingerprint density at radius 3 is 2.73 bits per heavy atom. The number of rotatable bonds is 3. The van der Waals surface area contributed by atoms with Crippen LogP contribution in [0.3, 0.4) is 0 Å². The van der Waals surface area contributed by atoms with Crippen LogP contribution in [0.4, 0.5) is 10.1 Å². The third-order valence-electron chi connectivity index (χ3n) is 1.71. The maximum absolute atomic E-state index is 13.2. The van der Waals surface area contributed by atoms with Crippen LogP contribution in [-0.4, -0.2) is 10.9 Å². The van der Waals surface area contributed by atoms with Crippen LogP contribution in [0.15, 0.2) is 23.2 Å². The second-order valence-electron chi connectivity index (χ2n) is 2.74. The second-order valence-corrected chi connectivity index (χ2v) is 2.74. The van der Waals surface area contributed by atoms with Gasteiger partial charge in [-0.3, -0.25) is 10.1 Å². The molecule has 0 saturated heterocycles. The molecule has 15 heavy (non-hydrogen) atoms. The van der Waals surface area contributed by atoms with Crippen molar-refractivity contribution in [2.45, 2.75) is 6.54 Å². The predicted molar refractivity (Wildman–Crippen MR) is 52.6 cm³/mol. The molecule has 0 spiro atoms. The molecule has 6 nitrogen and oxygen atoms in total. The fourth-order valence-corrected chi connectivity index (χ4v) is 1.05. The zero-order valence-corrected chi connectivity index (χ0v) is 7.68. The van der Waals surface area contributed by atoms with Gasteiger partial charge in [-0.05, 0) is 6.07 Å². The quantitative estimate of drug-likeness (QED) is 0.329. The first-order valence-corrected chi connectivity index (χ1v) is 3.99. The molecule has 0 aliphatic carbocycles. The van der Waals surface area contributed by atoms with Gasteiger partial charge >= 0.3 is 0 Å². The first-order valence-electron chi connectivity index (χ1n) is 3.99. The van der Waals surface area contributed by atoms with Crippen LogP contribution in [0, 0.1) is 15.9 Å². The Bertz CT molecular complexity index is 415. The van der Waals surface area contributed by atoms with Crippen molar-refractivity contribution in [2.24, 2.45) is 16.5 Å². The number of nitrogens with two attached hydrogens (primary N) is 2. The number of aliphatic imine (C=N–C) groups is 1. The molecule has 0 bridgehead atoms. The fraction of sp³-hybridized carbons (Fsp3) is 0.125. The highest BCUT2D eigenvalue weighted by Gasteiger charge is 2.16. The Balaban J connectivity index is 3.13. The molecule has 1 rings (SSSR count). The summed E-state index contributed by atoms with van der Waals surface area (Å²) in [5.74, 6) is -0.943. The monoisotopic (exact) mass is 212 g/mol. The smallest absolute Gasteiger partial charge is 0.277 e. The minimum atomic E-state index is -0.700. The van der Waals surface area contributed by atoms with Gasteiger partial charge in [-0.1, -0.05) is 6.07 Å². The summed E-state index contributed by atoms with van der Waals surface area (Å²) in [6, 6.07) is 3.57. The average molecular weight is 212 g/mol. The third kappa shape index (κ3) is 2.63. The average Bonchev–Trinajstić information content (AvgIpc) is 2.15. The van der Waals surface area contributed by atoms with E-state index in [1.165, 1.54) is 12.1 Å². The summed E-state index contributed by atoms with van der Waals surface area (Å²) >= 11 is 0. The maximum atomic E-state index is 13.2. The van der Waals surface area contributed by atoms with Gasteiger partial charge in [0.05, 0.1) is 17.0 Å². The molecule has 1 aromatic carbocycles. The molecule has 4 N–H and O–H groups in total. The van der Waals surface area contributed by atoms with E-state index in [1.807, 2.05) is 0 Å². The molecule has 0 amide bonds. The topological polar surface area (TPSA) is 108 Å². The molecule has 0 aliphatic heterocycles. The fourth-order valence-electron chi connectivity index (χ4n) is 1.05. The van der Waals surface area contributed by atoms with Crippen LogP contribution in [0.1, 0.15) is 5.56 Å². The van der Waals surface area contributed by atoms with Crippen molar-refractivity contribution >= 4 is 11.6 Å². The van der Waals surface area contributed by atoms with Crippen molar-refractivity contribution in [1.29, 1.82) is 0 Å². The minimum Gasteiger partial charge on any atom is -0.370 e. The Labute approximate surface area is 84.6 Å². The highest BCUT2D eigenvalue weighted by molar-refractivity contribution is 5.75. The molecule has 0 atom stereocenters. The second kappa shape index (κ2) is 4.36. The number of hydrogen-bond donors (Lipinski definition) is 2. The van der Waals surface area contributed by atoms with Crippen LogP contribution in [0.2, 0.25) is 0 Å². The largest absolute Gasteiger partial charge is 0.370 e. The lowest BCUT2D eigenvalue weighted by Gasteiger charge is -2.01. The molecule has 1 aromatic rings. The first kappa shape index (κ1) is 10.9. The Kier molecular flexibility index (Phi) is 3.17. The Morgan fingerprint density at radius 2 is 2.20 bits per heavy atom. The third-order valence-corrected chi connectivity index (χ3v) is 1.71. The zero-order valence-electron chi connectivity index (χ0n) is 7.68. The number of guanidine groups is 1. The molecular formula is C8H9FN4O2. The molecule has 0 aromatic heterocycles. The number of nitrogens with zero attached hydrogens (tertiary/aromatic N) is 2. The van der Waals surface area contributed by atoms with E-state index in [2.05, 4.69) is 4.99 Å². The Hall–Kier alpha value is -2.18. The van der Waals surface area contributed by atoms with Gasteiger partial charge < -0.3 is 11.5 Å². The van der Waals surface area contributed by atoms with Gasteiger partial charge in [-0.2, -0.15) is 0 Å². The van der Waals surface area contributed by atoms with Crippen molar-refractivity contribution < 1.29 is 9.31 Å². The van der Waals surface area contributed by atoms with E-state index in [4.69, 9.17) is 11.5 Å². The van der Waals surface area contributed by atoms with Crippen molar-refractivity contribution in [3.8, 4) is 0 Å². The summed E-state index contributed by atoms with van der Waals surface area (Å²) in [4.78, 5) is 13.4. The van der Waals surface area contributed by atoms with Gasteiger partial charge in [-0.25, -0.2) is 9.38 Å². The summed E-state index contributed by atoms with van der Waals surface area (Å²) in [5, 5.41) is 10.5. The van der Waals surface area contributed by atoms with E-state index in [0.717, 1.165) is 6.07 Å². The van der Waals surface area contributed by atoms with Gasteiger partial charge in [0.1, 0.15) is 5.82 Å². The van der Waals surface area contributed by atoms with Gasteiger partial charge in [0.15, 0.2) is 5.96 Å². The zero-order chi connectivity index (χ0) is 11.4. The summed E-state index contributed by atoms with van der Waals surface area (Å²) in [6.07, 6.45) is 0. The summed E-state index contributed by atoms with van der Waals surface area (Å²) in [5.41, 5.74) is 9.64. The molecule has 0 aliphatic rings. The van der Waals surface area contributed by atoms with Gasteiger partial charge in [0, 0.05) is 6.07 Å². The first-order chi connectivity index (χ1) is 7.02. The normalized spacial score (nSPS) is 9.67. The highest BCUT2D eigenvalue weighted by Crippen LogP contribution is 2.21. The SMILES string of the molecule is NC(N)=NCc1c(F)cccc1[N+](=O)[O-]. The van der Waals surface area contributed by atoms with E-state index in [-0.39, 0.29) is 23.8 Å². The number of halogens is 1. The summed E-state index contributed by atoms with van der Waals surface area (Å²) in [7, 11) is 0. The van der Waals surface area contributed by atoms with Crippen molar-refractivity contribution in [1.82, 2.24) is 0 Å². The van der Waals surface area contributed by atoms with Crippen molar-refractivity contribution in [3.63, 3.8) is 0 Å². The molecule has 0 radical (unpaired) electrons. The van der Waals surface area contributed by atoms with E-state index in [0.29, 0.717) is 0 Å². The van der Waals surface area contributed by atoms with E-state index < -0.39 is 10.7 Å². The lowest BCUT2D eigenvalue weighted by atomic mass is 10.1. The lowest BCUT2D eigenvalue weighted by molar-refractivity contribution is -0.385. The van der Waals surface area contributed by atoms with Crippen LogP contribution < -0.4 is 11.5 Å². The molecule has 0 unspecified atom stereocenters. The maximum Gasteiger partial charge on any atom is 0.277 e. The molecular weight excluding hydrogens is 203 g/mol. The van der Waals surface area contributed by atoms with E-state index in [9.17, 15) is 14.5 Å². The van der Waals surface area contributed by atoms with Gasteiger partial charge in [0.25, 0.3) is 5.69 Å². The molecule has 0 heterocycles. The van der Waals surface area contributed by atoms with E-state index in [1.54, 1.807) is 0 Å². The molecule has 0 saturated carbocycles. The van der Waals surface area contributed by atoms with Gasteiger partial charge in [0.2, 0.25) is 0 Å². The lowest BCUT2D eigenvalue weighted by Crippen LogP contribution is -2.22. The number of nitro benzene ring substituents is 1. The molecule has 7 heteroatoms.